The van der Waals surface area contributed by atoms with E-state index >= 15 is 0 Å². The third-order valence-electron chi connectivity index (χ3n) is 9.68. The summed E-state index contributed by atoms with van der Waals surface area (Å²) in [7, 11) is 5.28. The van der Waals surface area contributed by atoms with Crippen LogP contribution in [0.4, 0.5) is 0 Å². The van der Waals surface area contributed by atoms with Crippen LogP contribution in [0.25, 0.3) is 0 Å². The number of hydrogen-bond acceptors (Lipinski definition) is 8. The first-order valence-electron chi connectivity index (χ1n) is 18.1. The van der Waals surface area contributed by atoms with Crippen molar-refractivity contribution in [2.24, 2.45) is 11.3 Å². The van der Waals surface area contributed by atoms with Gasteiger partial charge < -0.3 is 20.6 Å². The molecule has 1 aliphatic rings. The molecule has 1 aromatic rings. The molecule has 0 saturated carbocycles. The first kappa shape index (κ1) is 44.5. The highest BCUT2D eigenvalue weighted by molar-refractivity contribution is 6.12. The lowest BCUT2D eigenvalue weighted by atomic mass is 9.76. The molecule has 0 spiro atoms. The zero-order valence-corrected chi connectivity index (χ0v) is 33.2. The predicted octanol–water partition coefficient (Wildman–Crippen LogP) is 3.48. The van der Waals surface area contributed by atoms with Crippen molar-refractivity contribution in [1.82, 2.24) is 25.3 Å². The molecule has 1 aliphatic heterocycles. The van der Waals surface area contributed by atoms with E-state index in [1.54, 1.807) is 13.1 Å². The van der Waals surface area contributed by atoms with E-state index in [-0.39, 0.29) is 61.3 Å². The Morgan fingerprint density at radius 2 is 1.45 bits per heavy atom. The van der Waals surface area contributed by atoms with Crippen LogP contribution in [-0.2, 0) is 39.0 Å². The van der Waals surface area contributed by atoms with Crippen LogP contribution >= 0.6 is 0 Å². The number of aliphatic carboxylic acids is 1. The van der Waals surface area contributed by atoms with Gasteiger partial charge in [-0.25, -0.2) is 4.79 Å². The molecular formula is C40H59N5O8. The summed E-state index contributed by atoms with van der Waals surface area (Å²) >= 11 is 0. The maximum atomic E-state index is 14.3. The van der Waals surface area contributed by atoms with Crippen LogP contribution in [0.5, 0.6) is 0 Å². The lowest BCUT2D eigenvalue weighted by Gasteiger charge is -2.41. The van der Waals surface area contributed by atoms with E-state index < -0.39 is 58.7 Å². The Morgan fingerprint density at radius 3 is 1.94 bits per heavy atom. The molecule has 2 rings (SSSR count). The number of nitrogens with zero attached hydrogens (tertiary/aromatic N) is 3. The highest BCUT2D eigenvalue weighted by Crippen LogP contribution is 2.31. The summed E-state index contributed by atoms with van der Waals surface area (Å²) in [4.78, 5) is 93.8. The molecule has 292 valence electrons. The minimum Gasteiger partial charge on any atom is -0.480 e. The van der Waals surface area contributed by atoms with Gasteiger partial charge in [0.1, 0.15) is 17.9 Å². The number of imide groups is 1. The summed E-state index contributed by atoms with van der Waals surface area (Å²) in [5.74, 6) is -3.91. The van der Waals surface area contributed by atoms with E-state index in [1.807, 2.05) is 97.8 Å². The summed E-state index contributed by atoms with van der Waals surface area (Å²) in [5, 5.41) is 15.3. The quantitative estimate of drug-likeness (QED) is 0.142. The van der Waals surface area contributed by atoms with Crippen LogP contribution in [0.2, 0.25) is 0 Å². The molecule has 1 aromatic carbocycles. The van der Waals surface area contributed by atoms with E-state index in [2.05, 4.69) is 10.6 Å². The van der Waals surface area contributed by atoms with Crippen molar-refractivity contribution in [2.45, 2.75) is 111 Å². The second-order valence-electron chi connectivity index (χ2n) is 16.0. The molecule has 0 fully saturated rings. The molecule has 53 heavy (non-hydrogen) atoms. The van der Waals surface area contributed by atoms with Crippen LogP contribution < -0.4 is 10.6 Å². The van der Waals surface area contributed by atoms with E-state index in [9.17, 15) is 38.7 Å². The summed E-state index contributed by atoms with van der Waals surface area (Å²) < 4.78 is 0. The molecule has 0 saturated heterocycles. The normalized spacial score (nSPS) is 16.0. The molecule has 1 heterocycles. The van der Waals surface area contributed by atoms with Gasteiger partial charge in [0.15, 0.2) is 0 Å². The molecule has 3 N–H and O–H groups in total. The number of hydrogen-bond donors (Lipinski definition) is 3. The maximum Gasteiger partial charge on any atom is 0.326 e. The number of benzene rings is 1. The maximum absolute atomic E-state index is 14.3. The van der Waals surface area contributed by atoms with Crippen LogP contribution in [-0.4, -0.2) is 113 Å². The first-order chi connectivity index (χ1) is 24.5. The van der Waals surface area contributed by atoms with Crippen LogP contribution in [0.1, 0.15) is 86.6 Å². The van der Waals surface area contributed by atoms with Crippen molar-refractivity contribution in [3.05, 3.63) is 59.7 Å². The number of carbonyl (C=O) groups excluding carboxylic acids is 6. The van der Waals surface area contributed by atoms with Gasteiger partial charge in [-0.05, 0) is 50.8 Å². The molecule has 0 aromatic heterocycles. The number of amides is 5. The van der Waals surface area contributed by atoms with Gasteiger partial charge in [0.2, 0.25) is 17.7 Å². The number of likely N-dealkylation sites (N-methyl/N-ethyl adjacent to an activating group) is 2. The number of carboxylic acid groups (broad SMARTS) is 1. The Morgan fingerprint density at radius 1 is 0.887 bits per heavy atom. The molecule has 0 unspecified atom stereocenters. The monoisotopic (exact) mass is 737 g/mol. The van der Waals surface area contributed by atoms with Crippen LogP contribution in [0.15, 0.2) is 54.1 Å². The predicted molar refractivity (Wildman–Crippen MR) is 202 cm³/mol. The van der Waals surface area contributed by atoms with E-state index in [0.29, 0.717) is 0 Å². The fourth-order valence-electron chi connectivity index (χ4n) is 6.58. The lowest BCUT2D eigenvalue weighted by Crippen LogP contribution is -2.61. The lowest BCUT2D eigenvalue weighted by molar-refractivity contribution is -0.142. The fourth-order valence-corrected chi connectivity index (χ4v) is 6.58. The molecule has 0 bridgehead atoms. The number of rotatable bonds is 19. The zero-order valence-electron chi connectivity index (χ0n) is 33.2. The number of nitrogens with one attached hydrogen (secondary N) is 2. The third-order valence-corrected chi connectivity index (χ3v) is 9.68. The number of carbonyl (C=O) groups is 7. The minimum absolute atomic E-state index is 0.0450. The highest BCUT2D eigenvalue weighted by Gasteiger charge is 2.43. The largest absolute Gasteiger partial charge is 0.480 e. The summed E-state index contributed by atoms with van der Waals surface area (Å²) in [6.07, 6.45) is 3.96. The molecule has 13 heteroatoms. The molecular weight excluding hydrogens is 678 g/mol. The van der Waals surface area contributed by atoms with Crippen molar-refractivity contribution in [3.8, 4) is 0 Å². The Labute approximate surface area is 314 Å². The summed E-state index contributed by atoms with van der Waals surface area (Å²) in [5.41, 5.74) is -0.125. The topological polar surface area (TPSA) is 173 Å². The van der Waals surface area contributed by atoms with E-state index in [1.165, 1.54) is 11.8 Å². The number of Topliss-reactive ketones (excluding diaryl/α,β-unsaturated/α-hetero) is 1. The van der Waals surface area contributed by atoms with Crippen molar-refractivity contribution in [2.75, 3.05) is 27.7 Å². The van der Waals surface area contributed by atoms with Gasteiger partial charge >= 0.3 is 5.97 Å². The molecule has 0 aliphatic carbocycles. The Hall–Kier alpha value is -4.65. The molecule has 5 amide bonds. The van der Waals surface area contributed by atoms with Crippen molar-refractivity contribution in [3.63, 3.8) is 0 Å². The minimum atomic E-state index is -1.34. The SMILES string of the molecule is C/C(=C\[C@H](C(C)C)N(C)C(=O)[C@@H](NC(=O)[C@@H](N(C)C)C(C)(C)c1ccccc1)C(C)(C)C)C(=O)N[C@H](CCC(=O)CCCN1C(=O)C=CC1=O)C(=O)O. The van der Waals surface area contributed by atoms with Crippen LogP contribution in [0.3, 0.4) is 0 Å². The first-order valence-corrected chi connectivity index (χ1v) is 18.1. The summed E-state index contributed by atoms with van der Waals surface area (Å²) in [6, 6.07) is 6.27. The van der Waals surface area contributed by atoms with Gasteiger partial charge in [0.25, 0.3) is 11.8 Å². The van der Waals surface area contributed by atoms with Gasteiger partial charge in [0, 0.05) is 49.6 Å². The summed E-state index contributed by atoms with van der Waals surface area (Å²) in [6.45, 7) is 15.0. The Balaban J connectivity index is 2.17. The molecule has 13 nitrogen and oxygen atoms in total. The molecule has 4 atom stereocenters. The smallest absolute Gasteiger partial charge is 0.326 e. The second kappa shape index (κ2) is 18.9. The second-order valence-corrected chi connectivity index (χ2v) is 16.0. The van der Waals surface area contributed by atoms with E-state index in [4.69, 9.17) is 0 Å². The van der Waals surface area contributed by atoms with Crippen molar-refractivity contribution < 1.29 is 38.7 Å². The highest BCUT2D eigenvalue weighted by atomic mass is 16.4. The van der Waals surface area contributed by atoms with Gasteiger partial charge in [-0.2, -0.15) is 0 Å². The Bertz CT molecular complexity index is 1560. The van der Waals surface area contributed by atoms with Gasteiger partial charge in [0.05, 0.1) is 12.1 Å². The molecule has 0 radical (unpaired) electrons. The van der Waals surface area contributed by atoms with Crippen molar-refractivity contribution >= 4 is 41.3 Å². The standard InChI is InChI=1S/C40H59N5O8/c1-25(2)30(24-26(3)35(49)41-29(38(52)53)20-19-28(46)18-15-23-45-31(47)21-22-32(45)48)44(11)37(51)33(39(4,5)6)42-36(50)34(43(9)10)40(7,8)27-16-13-12-14-17-27/h12-14,16-17,21-22,24-25,29-30,33-34H,15,18-20,23H2,1-11H3,(H,41,49)(H,42,50)(H,52,53)/b26-24+/t29-,30-,33-,34-/m1/s1. The van der Waals surface area contributed by atoms with Gasteiger partial charge in [-0.15, -0.1) is 0 Å². The van der Waals surface area contributed by atoms with Gasteiger partial charge in [-0.3, -0.25) is 38.6 Å². The van der Waals surface area contributed by atoms with Crippen LogP contribution in [0, 0.1) is 11.3 Å². The average Bonchev–Trinajstić information content (AvgIpc) is 3.38. The van der Waals surface area contributed by atoms with E-state index in [0.717, 1.165) is 22.6 Å². The fraction of sp³-hybridized carbons (Fsp3) is 0.575. The van der Waals surface area contributed by atoms with Gasteiger partial charge in [-0.1, -0.05) is 84.9 Å². The van der Waals surface area contributed by atoms with Crippen molar-refractivity contribution in [1.29, 1.82) is 0 Å². The number of ketones is 1. The third kappa shape index (κ3) is 12.2. The average molecular weight is 738 g/mol. The Kier molecular flexibility index (Phi) is 15.9. The number of carboxylic acids is 1. The zero-order chi connectivity index (χ0) is 40.4.